The van der Waals surface area contributed by atoms with Crippen molar-refractivity contribution in [2.45, 2.75) is 32.5 Å². The van der Waals surface area contributed by atoms with Gasteiger partial charge < -0.3 is 14.6 Å². The van der Waals surface area contributed by atoms with E-state index in [2.05, 4.69) is 41.0 Å². The van der Waals surface area contributed by atoms with E-state index in [-0.39, 0.29) is 0 Å². The Bertz CT molecular complexity index is 437. The summed E-state index contributed by atoms with van der Waals surface area (Å²) in [6, 6.07) is 10.8. The summed E-state index contributed by atoms with van der Waals surface area (Å²) in [4.78, 5) is 4.80. The van der Waals surface area contributed by atoms with Gasteiger partial charge in [0.15, 0.2) is 0 Å². The molecular formula is C19H32N2O3. The highest BCUT2D eigenvalue weighted by molar-refractivity contribution is 5.14. The van der Waals surface area contributed by atoms with Crippen molar-refractivity contribution in [2.75, 3.05) is 52.6 Å². The molecule has 1 N–H and O–H groups in total. The van der Waals surface area contributed by atoms with Gasteiger partial charge in [0, 0.05) is 45.4 Å². The molecule has 1 aromatic carbocycles. The Kier molecular flexibility index (Phi) is 8.70. The average Bonchev–Trinajstić information content (AvgIpc) is 2.61. The molecule has 1 aliphatic heterocycles. The quantitative estimate of drug-likeness (QED) is 0.703. The summed E-state index contributed by atoms with van der Waals surface area (Å²) in [5.41, 5.74) is 1.27. The predicted molar refractivity (Wildman–Crippen MR) is 96.1 cm³/mol. The van der Waals surface area contributed by atoms with E-state index in [0.29, 0.717) is 25.8 Å². The number of ether oxygens (including phenoxy) is 2. The van der Waals surface area contributed by atoms with Crippen LogP contribution in [0.25, 0.3) is 0 Å². The molecule has 5 nitrogen and oxygen atoms in total. The maximum atomic E-state index is 10.3. The smallest absolute Gasteiger partial charge is 0.0900 e. The van der Waals surface area contributed by atoms with Crippen LogP contribution in [0.5, 0.6) is 0 Å². The Morgan fingerprint density at radius 3 is 2.62 bits per heavy atom. The number of nitrogens with zero attached hydrogens (tertiary/aromatic N) is 2. The zero-order valence-electron chi connectivity index (χ0n) is 15.1. The van der Waals surface area contributed by atoms with Gasteiger partial charge in [-0.2, -0.15) is 0 Å². The van der Waals surface area contributed by atoms with Crippen LogP contribution >= 0.6 is 0 Å². The van der Waals surface area contributed by atoms with Gasteiger partial charge in [-0.25, -0.2) is 0 Å². The molecule has 0 aliphatic carbocycles. The molecule has 0 amide bonds. The van der Waals surface area contributed by atoms with Crippen LogP contribution in [0.1, 0.15) is 19.4 Å². The first kappa shape index (κ1) is 19.3. The second-order valence-electron chi connectivity index (χ2n) is 6.49. The van der Waals surface area contributed by atoms with E-state index in [4.69, 9.17) is 9.47 Å². The first-order chi connectivity index (χ1) is 11.7. The molecule has 1 fully saturated rings. The highest BCUT2D eigenvalue weighted by atomic mass is 16.5. The molecular weight excluding hydrogens is 304 g/mol. The van der Waals surface area contributed by atoms with Gasteiger partial charge >= 0.3 is 0 Å². The number of hydrogen-bond acceptors (Lipinski definition) is 5. The Morgan fingerprint density at radius 1 is 1.25 bits per heavy atom. The average molecular weight is 336 g/mol. The number of hydrogen-bond donors (Lipinski definition) is 1. The second-order valence-corrected chi connectivity index (χ2v) is 6.49. The van der Waals surface area contributed by atoms with Gasteiger partial charge in [-0.1, -0.05) is 30.3 Å². The highest BCUT2D eigenvalue weighted by Gasteiger charge is 2.21. The zero-order valence-corrected chi connectivity index (χ0v) is 15.1. The molecule has 0 spiro atoms. The Labute approximate surface area is 146 Å². The van der Waals surface area contributed by atoms with Gasteiger partial charge in [-0.3, -0.25) is 9.80 Å². The molecule has 0 saturated carbocycles. The topological polar surface area (TPSA) is 45.2 Å². The van der Waals surface area contributed by atoms with Crippen molar-refractivity contribution in [3.8, 4) is 0 Å². The molecule has 136 valence electrons. The normalized spacial score (nSPS) is 18.7. The van der Waals surface area contributed by atoms with Gasteiger partial charge in [0.25, 0.3) is 0 Å². The number of rotatable bonds is 10. The van der Waals surface area contributed by atoms with Crippen LogP contribution in [-0.2, 0) is 16.0 Å². The summed E-state index contributed by atoms with van der Waals surface area (Å²) >= 11 is 0. The molecule has 0 bridgehead atoms. The standard InChI is InChI=1S/C19H32N2O3/c1-3-23-16-19(22)15-21(14-18-7-5-4-6-8-18)17(2)13-20-9-11-24-12-10-20/h4-8,17,19,22H,3,9-16H2,1-2H3. The molecule has 0 aromatic heterocycles. The third-order valence-corrected chi connectivity index (χ3v) is 4.44. The van der Waals surface area contributed by atoms with Crippen molar-refractivity contribution < 1.29 is 14.6 Å². The van der Waals surface area contributed by atoms with Crippen LogP contribution in [0.15, 0.2) is 30.3 Å². The minimum Gasteiger partial charge on any atom is -0.389 e. The molecule has 1 aromatic rings. The number of benzene rings is 1. The lowest BCUT2D eigenvalue weighted by Gasteiger charge is -2.36. The fourth-order valence-electron chi connectivity index (χ4n) is 3.07. The van der Waals surface area contributed by atoms with E-state index in [1.165, 1.54) is 5.56 Å². The van der Waals surface area contributed by atoms with E-state index in [9.17, 15) is 5.11 Å². The fourth-order valence-corrected chi connectivity index (χ4v) is 3.07. The molecule has 1 heterocycles. The SMILES string of the molecule is CCOCC(O)CN(Cc1ccccc1)C(C)CN1CCOCC1. The number of aliphatic hydroxyl groups excluding tert-OH is 1. The van der Waals surface area contributed by atoms with Gasteiger partial charge in [0.05, 0.1) is 25.9 Å². The summed E-state index contributed by atoms with van der Waals surface area (Å²) in [5.74, 6) is 0. The van der Waals surface area contributed by atoms with Crippen LogP contribution < -0.4 is 0 Å². The van der Waals surface area contributed by atoms with Gasteiger partial charge in [0.1, 0.15) is 0 Å². The maximum Gasteiger partial charge on any atom is 0.0900 e. The largest absolute Gasteiger partial charge is 0.389 e. The predicted octanol–water partition coefficient (Wildman–Crippen LogP) is 1.61. The number of morpholine rings is 1. The van der Waals surface area contributed by atoms with Crippen molar-refractivity contribution >= 4 is 0 Å². The van der Waals surface area contributed by atoms with Gasteiger partial charge in [0.2, 0.25) is 0 Å². The summed E-state index contributed by atoms with van der Waals surface area (Å²) in [7, 11) is 0. The molecule has 1 aliphatic rings. The summed E-state index contributed by atoms with van der Waals surface area (Å²) in [5, 5.41) is 10.3. The van der Waals surface area contributed by atoms with Crippen LogP contribution in [-0.4, -0.2) is 79.7 Å². The van der Waals surface area contributed by atoms with E-state index < -0.39 is 6.10 Å². The monoisotopic (exact) mass is 336 g/mol. The van der Waals surface area contributed by atoms with Gasteiger partial charge in [-0.15, -0.1) is 0 Å². The van der Waals surface area contributed by atoms with Crippen molar-refractivity contribution in [3.63, 3.8) is 0 Å². The third kappa shape index (κ3) is 6.87. The molecule has 2 rings (SSSR count). The summed E-state index contributed by atoms with van der Waals surface area (Å²) in [6.45, 7) is 11.3. The third-order valence-electron chi connectivity index (χ3n) is 4.44. The molecule has 2 atom stereocenters. The first-order valence-electron chi connectivity index (χ1n) is 9.03. The lowest BCUT2D eigenvalue weighted by Crippen LogP contribution is -2.48. The maximum absolute atomic E-state index is 10.3. The van der Waals surface area contributed by atoms with Crippen LogP contribution in [0.2, 0.25) is 0 Å². The van der Waals surface area contributed by atoms with E-state index >= 15 is 0 Å². The second kappa shape index (κ2) is 10.8. The Hall–Kier alpha value is -0.980. The van der Waals surface area contributed by atoms with E-state index in [0.717, 1.165) is 39.4 Å². The fraction of sp³-hybridized carbons (Fsp3) is 0.684. The molecule has 2 unspecified atom stereocenters. The Morgan fingerprint density at radius 2 is 1.96 bits per heavy atom. The lowest BCUT2D eigenvalue weighted by molar-refractivity contribution is -0.00337. The first-order valence-corrected chi connectivity index (χ1v) is 9.03. The van der Waals surface area contributed by atoms with Crippen molar-refractivity contribution in [2.24, 2.45) is 0 Å². The van der Waals surface area contributed by atoms with Crippen molar-refractivity contribution in [1.29, 1.82) is 0 Å². The lowest BCUT2D eigenvalue weighted by atomic mass is 10.1. The van der Waals surface area contributed by atoms with Crippen LogP contribution in [0.4, 0.5) is 0 Å². The minimum atomic E-state index is -0.458. The van der Waals surface area contributed by atoms with E-state index in [1.807, 2.05) is 13.0 Å². The summed E-state index contributed by atoms with van der Waals surface area (Å²) in [6.07, 6.45) is -0.458. The minimum absolute atomic E-state index is 0.361. The molecule has 1 saturated heterocycles. The van der Waals surface area contributed by atoms with Crippen molar-refractivity contribution in [3.05, 3.63) is 35.9 Å². The summed E-state index contributed by atoms with van der Waals surface area (Å²) < 4.78 is 10.8. The van der Waals surface area contributed by atoms with Crippen molar-refractivity contribution in [1.82, 2.24) is 9.80 Å². The Balaban J connectivity index is 1.94. The highest BCUT2D eigenvalue weighted by Crippen LogP contribution is 2.12. The molecule has 0 radical (unpaired) electrons. The number of aliphatic hydroxyl groups is 1. The molecule has 24 heavy (non-hydrogen) atoms. The molecule has 5 heteroatoms. The van der Waals surface area contributed by atoms with Gasteiger partial charge in [-0.05, 0) is 19.4 Å². The zero-order chi connectivity index (χ0) is 17.2. The van der Waals surface area contributed by atoms with Crippen LogP contribution in [0.3, 0.4) is 0 Å². The van der Waals surface area contributed by atoms with E-state index in [1.54, 1.807) is 0 Å². The van der Waals surface area contributed by atoms with Crippen LogP contribution in [0, 0.1) is 0 Å².